The van der Waals surface area contributed by atoms with Gasteiger partial charge in [0.15, 0.2) is 0 Å². The number of hydrogen-bond donors (Lipinski definition) is 1. The molecule has 1 N–H and O–H groups in total. The second-order valence-corrected chi connectivity index (χ2v) is 5.61. The van der Waals surface area contributed by atoms with E-state index in [2.05, 4.69) is 11.8 Å². The number of benzene rings is 2. The zero-order valence-electron chi connectivity index (χ0n) is 12.5. The van der Waals surface area contributed by atoms with Crippen LogP contribution in [0.1, 0.15) is 24.5 Å². The molecule has 0 spiro atoms. The quantitative estimate of drug-likeness (QED) is 0.900. The predicted molar refractivity (Wildman–Crippen MR) is 83.6 cm³/mol. The van der Waals surface area contributed by atoms with E-state index in [9.17, 15) is 5.11 Å². The van der Waals surface area contributed by atoms with Crippen LogP contribution in [0.25, 0.3) is 0 Å². The van der Waals surface area contributed by atoms with Gasteiger partial charge in [-0.15, -0.1) is 0 Å². The van der Waals surface area contributed by atoms with E-state index in [1.807, 2.05) is 74.8 Å². The summed E-state index contributed by atoms with van der Waals surface area (Å²) in [5.74, 6) is 0. The highest BCUT2D eigenvalue weighted by atomic mass is 16.3. The number of hydrogen-bond acceptors (Lipinski definition) is 2. The smallest absolute Gasteiger partial charge is 0.116 e. The van der Waals surface area contributed by atoms with Gasteiger partial charge in [-0.25, -0.2) is 0 Å². The average Bonchev–Trinajstić information content (AvgIpc) is 2.48. The van der Waals surface area contributed by atoms with Crippen molar-refractivity contribution in [2.24, 2.45) is 0 Å². The normalized spacial score (nSPS) is 13.4. The molecule has 0 unspecified atom stereocenters. The third-order valence-electron chi connectivity index (χ3n) is 3.98. The summed E-state index contributed by atoms with van der Waals surface area (Å²) in [5, 5.41) is 11.3. The van der Waals surface area contributed by atoms with E-state index in [-0.39, 0.29) is 6.04 Å². The lowest BCUT2D eigenvalue weighted by Gasteiger charge is -2.34. The Bertz CT molecular complexity index is 482. The fraction of sp³-hybridized carbons (Fsp3) is 0.333. The van der Waals surface area contributed by atoms with Gasteiger partial charge in [-0.05, 0) is 38.6 Å². The van der Waals surface area contributed by atoms with Gasteiger partial charge in [-0.3, -0.25) is 0 Å². The lowest BCUT2D eigenvalue weighted by atomic mass is 9.81. The zero-order valence-corrected chi connectivity index (χ0v) is 12.5. The SMILES string of the molecule is C[C@H](CC(O)(c1ccccc1)c1ccccc1)N(C)C. The lowest BCUT2D eigenvalue weighted by Crippen LogP contribution is -2.37. The first kappa shape index (κ1) is 14.8. The third-order valence-corrected chi connectivity index (χ3v) is 3.98. The first-order valence-corrected chi connectivity index (χ1v) is 7.04. The first-order valence-electron chi connectivity index (χ1n) is 7.04. The first-order chi connectivity index (χ1) is 9.54. The molecule has 2 heteroatoms. The molecule has 0 fully saturated rings. The Labute approximate surface area is 121 Å². The molecular weight excluding hydrogens is 246 g/mol. The minimum absolute atomic E-state index is 0.278. The van der Waals surface area contributed by atoms with Crippen molar-refractivity contribution in [1.29, 1.82) is 0 Å². The second-order valence-electron chi connectivity index (χ2n) is 5.61. The van der Waals surface area contributed by atoms with Gasteiger partial charge < -0.3 is 10.0 Å². The summed E-state index contributed by atoms with van der Waals surface area (Å²) < 4.78 is 0. The third kappa shape index (κ3) is 3.09. The molecule has 2 nitrogen and oxygen atoms in total. The summed E-state index contributed by atoms with van der Waals surface area (Å²) in [6, 6.07) is 20.1. The van der Waals surface area contributed by atoms with Crippen LogP contribution in [0.4, 0.5) is 0 Å². The van der Waals surface area contributed by atoms with Crippen LogP contribution in [-0.4, -0.2) is 30.1 Å². The molecule has 0 aliphatic carbocycles. The van der Waals surface area contributed by atoms with Crippen molar-refractivity contribution in [2.45, 2.75) is 25.0 Å². The van der Waals surface area contributed by atoms with Gasteiger partial charge in [-0.1, -0.05) is 60.7 Å². The minimum atomic E-state index is -0.952. The summed E-state index contributed by atoms with van der Waals surface area (Å²) >= 11 is 0. The van der Waals surface area contributed by atoms with Gasteiger partial charge in [0.05, 0.1) is 0 Å². The van der Waals surface area contributed by atoms with Gasteiger partial charge in [-0.2, -0.15) is 0 Å². The van der Waals surface area contributed by atoms with Crippen LogP contribution in [0.2, 0.25) is 0 Å². The van der Waals surface area contributed by atoms with E-state index >= 15 is 0 Å². The Morgan fingerprint density at radius 3 is 1.65 bits per heavy atom. The van der Waals surface area contributed by atoms with E-state index in [4.69, 9.17) is 0 Å². The van der Waals surface area contributed by atoms with E-state index in [0.717, 1.165) is 11.1 Å². The van der Waals surface area contributed by atoms with E-state index < -0.39 is 5.60 Å². The molecule has 0 radical (unpaired) electrons. The topological polar surface area (TPSA) is 23.5 Å². The molecule has 106 valence electrons. The number of nitrogens with zero attached hydrogens (tertiary/aromatic N) is 1. The molecule has 0 bridgehead atoms. The molecule has 0 aliphatic rings. The van der Waals surface area contributed by atoms with Crippen molar-refractivity contribution in [3.63, 3.8) is 0 Å². The summed E-state index contributed by atoms with van der Waals surface area (Å²) in [5.41, 5.74) is 0.937. The predicted octanol–water partition coefficient (Wildman–Crippen LogP) is 3.26. The van der Waals surface area contributed by atoms with Gasteiger partial charge in [0.25, 0.3) is 0 Å². The van der Waals surface area contributed by atoms with Crippen LogP contribution in [0.15, 0.2) is 60.7 Å². The Morgan fingerprint density at radius 2 is 1.30 bits per heavy atom. The number of rotatable bonds is 5. The molecule has 1 atom stereocenters. The maximum atomic E-state index is 11.3. The van der Waals surface area contributed by atoms with Gasteiger partial charge in [0.1, 0.15) is 5.60 Å². The Balaban J connectivity index is 2.44. The highest BCUT2D eigenvalue weighted by Crippen LogP contribution is 2.34. The fourth-order valence-corrected chi connectivity index (χ4v) is 2.44. The van der Waals surface area contributed by atoms with Gasteiger partial charge in [0, 0.05) is 6.04 Å². The molecule has 0 saturated carbocycles. The van der Waals surface area contributed by atoms with E-state index in [1.165, 1.54) is 0 Å². The molecule has 0 heterocycles. The molecule has 0 amide bonds. The Kier molecular flexibility index (Phi) is 4.58. The lowest BCUT2D eigenvalue weighted by molar-refractivity contribution is 0.0464. The molecule has 0 aromatic heterocycles. The van der Waals surface area contributed by atoms with E-state index in [1.54, 1.807) is 0 Å². The van der Waals surface area contributed by atoms with Gasteiger partial charge in [0.2, 0.25) is 0 Å². The van der Waals surface area contributed by atoms with Crippen molar-refractivity contribution in [1.82, 2.24) is 4.90 Å². The van der Waals surface area contributed by atoms with Crippen LogP contribution >= 0.6 is 0 Å². The zero-order chi connectivity index (χ0) is 14.6. The van der Waals surface area contributed by atoms with Crippen LogP contribution in [0.5, 0.6) is 0 Å². The van der Waals surface area contributed by atoms with Crippen molar-refractivity contribution < 1.29 is 5.11 Å². The van der Waals surface area contributed by atoms with Crippen LogP contribution in [-0.2, 0) is 5.60 Å². The maximum absolute atomic E-state index is 11.3. The van der Waals surface area contributed by atoms with Crippen LogP contribution in [0, 0.1) is 0 Å². The summed E-state index contributed by atoms with van der Waals surface area (Å²) in [6.07, 6.45) is 0.661. The molecule has 2 aromatic carbocycles. The van der Waals surface area contributed by atoms with E-state index in [0.29, 0.717) is 6.42 Å². The molecule has 0 saturated heterocycles. The standard InChI is InChI=1S/C18H23NO/c1-15(19(2)3)14-18(20,16-10-6-4-7-11-16)17-12-8-5-9-13-17/h4-13,15,20H,14H2,1-3H3/t15-/m1/s1. The van der Waals surface area contributed by atoms with Crippen LogP contribution < -0.4 is 0 Å². The molecule has 20 heavy (non-hydrogen) atoms. The summed E-state index contributed by atoms with van der Waals surface area (Å²) in [6.45, 7) is 2.14. The monoisotopic (exact) mass is 269 g/mol. The summed E-state index contributed by atoms with van der Waals surface area (Å²) in [7, 11) is 4.09. The Morgan fingerprint density at radius 1 is 0.900 bits per heavy atom. The minimum Gasteiger partial charge on any atom is -0.380 e. The van der Waals surface area contributed by atoms with Crippen molar-refractivity contribution >= 4 is 0 Å². The van der Waals surface area contributed by atoms with Crippen molar-refractivity contribution in [3.8, 4) is 0 Å². The van der Waals surface area contributed by atoms with Gasteiger partial charge >= 0.3 is 0 Å². The Hall–Kier alpha value is -1.64. The highest BCUT2D eigenvalue weighted by molar-refractivity contribution is 5.36. The molecule has 2 rings (SSSR count). The number of aliphatic hydroxyl groups is 1. The molecule has 2 aromatic rings. The molecule has 0 aliphatic heterocycles. The largest absolute Gasteiger partial charge is 0.380 e. The summed E-state index contributed by atoms with van der Waals surface area (Å²) in [4.78, 5) is 2.14. The highest BCUT2D eigenvalue weighted by Gasteiger charge is 2.33. The van der Waals surface area contributed by atoms with Crippen molar-refractivity contribution in [2.75, 3.05) is 14.1 Å². The van der Waals surface area contributed by atoms with Crippen LogP contribution in [0.3, 0.4) is 0 Å². The molecular formula is C18H23NO. The average molecular weight is 269 g/mol. The van der Waals surface area contributed by atoms with Crippen molar-refractivity contribution in [3.05, 3.63) is 71.8 Å². The fourth-order valence-electron chi connectivity index (χ4n) is 2.44. The maximum Gasteiger partial charge on any atom is 0.116 e. The second kappa shape index (κ2) is 6.21.